The molecule has 29 heavy (non-hydrogen) atoms. The van der Waals surface area contributed by atoms with Crippen molar-refractivity contribution in [3.63, 3.8) is 0 Å². The van der Waals surface area contributed by atoms with E-state index in [4.69, 9.17) is 16.3 Å². The number of para-hydroxylation sites is 1. The maximum atomic E-state index is 6.62. The Balaban J connectivity index is 1.51. The summed E-state index contributed by atoms with van der Waals surface area (Å²) in [6.45, 7) is 2.72. The highest BCUT2D eigenvalue weighted by Crippen LogP contribution is 2.53. The van der Waals surface area contributed by atoms with Crippen molar-refractivity contribution in [3.05, 3.63) is 106 Å². The third-order valence-corrected chi connectivity index (χ3v) is 6.50. The second kappa shape index (κ2) is 7.61. The molecule has 1 N–H and O–H groups in total. The number of anilines is 1. The van der Waals surface area contributed by atoms with Gasteiger partial charge in [0.25, 0.3) is 0 Å². The first kappa shape index (κ1) is 18.3. The Morgan fingerprint density at radius 1 is 1.00 bits per heavy atom. The molecule has 3 unspecified atom stereocenters. The van der Waals surface area contributed by atoms with Crippen molar-refractivity contribution in [2.75, 3.05) is 5.32 Å². The first-order chi connectivity index (χ1) is 14.2. The summed E-state index contributed by atoms with van der Waals surface area (Å²) in [5, 5.41) is 4.68. The quantitative estimate of drug-likeness (QED) is 0.472. The summed E-state index contributed by atoms with van der Waals surface area (Å²) in [6.07, 6.45) is 5.67. The van der Waals surface area contributed by atoms with Crippen LogP contribution in [0.3, 0.4) is 0 Å². The number of nitrogens with one attached hydrogen (secondary N) is 1. The number of ether oxygens (including phenoxy) is 1. The van der Waals surface area contributed by atoms with Crippen molar-refractivity contribution < 1.29 is 4.74 Å². The van der Waals surface area contributed by atoms with E-state index in [9.17, 15) is 0 Å². The molecule has 1 aliphatic carbocycles. The number of rotatable bonds is 4. The Morgan fingerprint density at radius 3 is 2.66 bits per heavy atom. The van der Waals surface area contributed by atoms with E-state index in [0.29, 0.717) is 18.4 Å². The van der Waals surface area contributed by atoms with Crippen LogP contribution in [0.5, 0.6) is 5.75 Å². The van der Waals surface area contributed by atoms with E-state index >= 15 is 0 Å². The Labute approximate surface area is 177 Å². The smallest absolute Gasteiger partial charge is 0.125 e. The second-order valence-electron chi connectivity index (χ2n) is 7.94. The molecule has 0 radical (unpaired) electrons. The first-order valence-electron chi connectivity index (χ1n) is 10.2. The van der Waals surface area contributed by atoms with E-state index < -0.39 is 0 Å². The van der Waals surface area contributed by atoms with Gasteiger partial charge in [0.2, 0.25) is 0 Å². The fourth-order valence-corrected chi connectivity index (χ4v) is 5.00. The van der Waals surface area contributed by atoms with Crippen LogP contribution in [0.15, 0.2) is 78.9 Å². The van der Waals surface area contributed by atoms with Crippen LogP contribution in [0.25, 0.3) is 0 Å². The molecule has 3 aromatic carbocycles. The number of hydrogen-bond acceptors (Lipinski definition) is 2. The number of benzene rings is 3. The number of fused-ring (bicyclic) bond motifs is 3. The average molecular weight is 402 g/mol. The molecule has 0 bridgehead atoms. The first-order valence-corrected chi connectivity index (χ1v) is 10.6. The predicted octanol–water partition coefficient (Wildman–Crippen LogP) is 7.05. The summed E-state index contributed by atoms with van der Waals surface area (Å²) < 4.78 is 6.28. The molecular weight excluding hydrogens is 378 g/mol. The SMILES string of the molecule is Cc1ccc(Cl)c2c1NC(c1ccccc1OCc1ccccc1)C1CC=CC21. The maximum Gasteiger partial charge on any atom is 0.125 e. The van der Waals surface area contributed by atoms with Gasteiger partial charge in [0, 0.05) is 27.8 Å². The zero-order valence-corrected chi connectivity index (χ0v) is 17.2. The van der Waals surface area contributed by atoms with Crippen LogP contribution in [-0.4, -0.2) is 0 Å². The molecule has 3 heteroatoms. The summed E-state index contributed by atoms with van der Waals surface area (Å²) in [4.78, 5) is 0. The van der Waals surface area contributed by atoms with E-state index in [2.05, 4.69) is 60.8 Å². The van der Waals surface area contributed by atoms with Gasteiger partial charge in [0.15, 0.2) is 0 Å². The summed E-state index contributed by atoms with van der Waals surface area (Å²) in [7, 11) is 0. The molecule has 3 aromatic rings. The molecule has 0 fully saturated rings. The minimum Gasteiger partial charge on any atom is -0.489 e. The molecule has 0 amide bonds. The summed E-state index contributed by atoms with van der Waals surface area (Å²) in [5.74, 6) is 1.72. The van der Waals surface area contributed by atoms with Gasteiger partial charge in [-0.15, -0.1) is 0 Å². The van der Waals surface area contributed by atoms with Gasteiger partial charge in [-0.25, -0.2) is 0 Å². The van der Waals surface area contributed by atoms with Crippen LogP contribution < -0.4 is 10.1 Å². The van der Waals surface area contributed by atoms with Gasteiger partial charge >= 0.3 is 0 Å². The highest BCUT2D eigenvalue weighted by Gasteiger charge is 2.40. The zero-order valence-electron chi connectivity index (χ0n) is 16.4. The lowest BCUT2D eigenvalue weighted by Crippen LogP contribution is -2.30. The second-order valence-corrected chi connectivity index (χ2v) is 8.35. The molecule has 5 rings (SSSR count). The lowest BCUT2D eigenvalue weighted by molar-refractivity contribution is 0.296. The van der Waals surface area contributed by atoms with Crippen LogP contribution in [-0.2, 0) is 6.61 Å². The Hall–Kier alpha value is -2.71. The molecule has 0 spiro atoms. The number of hydrogen-bond donors (Lipinski definition) is 1. The number of halogens is 1. The third kappa shape index (κ3) is 3.32. The van der Waals surface area contributed by atoms with Gasteiger partial charge in [-0.3, -0.25) is 0 Å². The molecule has 146 valence electrons. The highest BCUT2D eigenvalue weighted by atomic mass is 35.5. The molecule has 1 heterocycles. The van der Waals surface area contributed by atoms with E-state index in [0.717, 1.165) is 17.2 Å². The minimum atomic E-state index is 0.187. The van der Waals surface area contributed by atoms with Crippen molar-refractivity contribution in [3.8, 4) is 5.75 Å². The van der Waals surface area contributed by atoms with Crippen molar-refractivity contribution >= 4 is 17.3 Å². The van der Waals surface area contributed by atoms with Crippen LogP contribution in [0.4, 0.5) is 5.69 Å². The van der Waals surface area contributed by atoms with Gasteiger partial charge in [0.05, 0.1) is 6.04 Å². The summed E-state index contributed by atoms with van der Waals surface area (Å²) in [6, 6.07) is 23.1. The number of aryl methyl sites for hydroxylation is 1. The van der Waals surface area contributed by atoms with E-state index in [1.54, 1.807) is 0 Å². The van der Waals surface area contributed by atoms with Crippen molar-refractivity contribution in [1.82, 2.24) is 0 Å². The lowest BCUT2D eigenvalue weighted by Gasteiger charge is -2.39. The number of allylic oxidation sites excluding steroid dienone is 2. The Bertz CT molecular complexity index is 1060. The van der Waals surface area contributed by atoms with E-state index in [-0.39, 0.29) is 6.04 Å². The highest BCUT2D eigenvalue weighted by molar-refractivity contribution is 6.32. The van der Waals surface area contributed by atoms with Crippen LogP contribution in [0.1, 0.15) is 40.6 Å². The van der Waals surface area contributed by atoms with Crippen LogP contribution >= 0.6 is 11.6 Å². The molecular formula is C26H24ClNO. The molecule has 1 aliphatic heterocycles. The summed E-state index contributed by atoms with van der Waals surface area (Å²) in [5.41, 5.74) is 6.03. The molecule has 3 atom stereocenters. The topological polar surface area (TPSA) is 21.3 Å². The fourth-order valence-electron chi connectivity index (χ4n) is 4.72. The molecule has 2 nitrogen and oxygen atoms in total. The normalized spacial score (nSPS) is 21.9. The minimum absolute atomic E-state index is 0.187. The largest absolute Gasteiger partial charge is 0.489 e. The van der Waals surface area contributed by atoms with Crippen LogP contribution in [0.2, 0.25) is 5.02 Å². The monoisotopic (exact) mass is 401 g/mol. The van der Waals surface area contributed by atoms with Crippen molar-refractivity contribution in [2.45, 2.75) is 31.9 Å². The molecule has 2 aliphatic rings. The standard InChI is InChI=1S/C26H24ClNO/c1-17-14-15-22(27)24-19-11-7-12-20(19)26(28-25(17)24)21-10-5-6-13-23(21)29-16-18-8-3-2-4-9-18/h2-11,13-15,19-20,26,28H,12,16H2,1H3. The van der Waals surface area contributed by atoms with Gasteiger partial charge in [-0.05, 0) is 42.5 Å². The summed E-state index contributed by atoms with van der Waals surface area (Å²) >= 11 is 6.62. The van der Waals surface area contributed by atoms with Crippen LogP contribution in [0, 0.1) is 12.8 Å². The van der Waals surface area contributed by atoms with Gasteiger partial charge < -0.3 is 10.1 Å². The zero-order chi connectivity index (χ0) is 19.8. The predicted molar refractivity (Wildman–Crippen MR) is 120 cm³/mol. The molecule has 0 saturated carbocycles. The third-order valence-electron chi connectivity index (χ3n) is 6.17. The Morgan fingerprint density at radius 2 is 1.79 bits per heavy atom. The molecule has 0 saturated heterocycles. The lowest BCUT2D eigenvalue weighted by atomic mass is 9.76. The Kier molecular flexibility index (Phi) is 4.81. The van der Waals surface area contributed by atoms with Gasteiger partial charge in [-0.1, -0.05) is 78.4 Å². The van der Waals surface area contributed by atoms with Gasteiger partial charge in [-0.2, -0.15) is 0 Å². The van der Waals surface area contributed by atoms with Gasteiger partial charge in [0.1, 0.15) is 12.4 Å². The molecule has 0 aromatic heterocycles. The average Bonchev–Trinajstić information content (AvgIpc) is 3.25. The van der Waals surface area contributed by atoms with E-state index in [1.807, 2.05) is 30.3 Å². The maximum absolute atomic E-state index is 6.62. The van der Waals surface area contributed by atoms with Crippen molar-refractivity contribution in [2.24, 2.45) is 5.92 Å². The fraction of sp³-hybridized carbons (Fsp3) is 0.231. The van der Waals surface area contributed by atoms with E-state index in [1.165, 1.54) is 27.9 Å². The van der Waals surface area contributed by atoms with Crippen molar-refractivity contribution in [1.29, 1.82) is 0 Å².